The fourth-order valence-electron chi connectivity index (χ4n) is 3.01. The van der Waals surface area contributed by atoms with Crippen molar-refractivity contribution in [3.63, 3.8) is 0 Å². The number of carbonyl (C=O) groups is 1. The summed E-state index contributed by atoms with van der Waals surface area (Å²) >= 11 is 0. The van der Waals surface area contributed by atoms with Gasteiger partial charge in [-0.05, 0) is 37.5 Å². The first-order valence-corrected chi connectivity index (χ1v) is 9.21. The first-order valence-electron chi connectivity index (χ1n) is 9.21. The molecule has 2 aromatic rings. The molecule has 7 nitrogen and oxygen atoms in total. The van der Waals surface area contributed by atoms with Crippen LogP contribution >= 0.6 is 0 Å². The van der Waals surface area contributed by atoms with Gasteiger partial charge in [-0.25, -0.2) is 14.8 Å². The predicted octanol–water partition coefficient (Wildman–Crippen LogP) is 4.48. The molecule has 0 aliphatic carbocycles. The molecule has 10 heteroatoms. The van der Waals surface area contributed by atoms with E-state index in [0.717, 1.165) is 12.4 Å². The van der Waals surface area contributed by atoms with Gasteiger partial charge >= 0.3 is 12.3 Å². The number of amides is 1. The molecule has 0 radical (unpaired) electrons. The third-order valence-corrected chi connectivity index (χ3v) is 4.10. The fourth-order valence-corrected chi connectivity index (χ4v) is 3.01. The average molecular weight is 426 g/mol. The molecule has 0 saturated carbocycles. The van der Waals surface area contributed by atoms with Crippen molar-refractivity contribution in [3.05, 3.63) is 36.2 Å². The highest BCUT2D eigenvalue weighted by Gasteiger charge is 2.35. The van der Waals surface area contributed by atoms with E-state index in [9.17, 15) is 18.0 Å². The number of aromatic nitrogens is 2. The fraction of sp³-hybridized carbons (Fsp3) is 0.450. The maximum absolute atomic E-state index is 13.7. The van der Waals surface area contributed by atoms with Crippen LogP contribution < -0.4 is 15.8 Å². The van der Waals surface area contributed by atoms with E-state index in [1.165, 1.54) is 25.3 Å². The lowest BCUT2D eigenvalue weighted by Crippen LogP contribution is -2.43. The number of halogens is 3. The van der Waals surface area contributed by atoms with Crippen LogP contribution in [0.4, 0.5) is 23.8 Å². The molecule has 1 atom stereocenters. The number of anilines is 1. The van der Waals surface area contributed by atoms with Crippen molar-refractivity contribution in [2.75, 3.05) is 19.0 Å². The number of hydrogen-bond acceptors (Lipinski definition) is 6. The summed E-state index contributed by atoms with van der Waals surface area (Å²) < 4.78 is 50.9. The van der Waals surface area contributed by atoms with Crippen LogP contribution in [-0.4, -0.2) is 35.3 Å². The van der Waals surface area contributed by atoms with Crippen molar-refractivity contribution in [1.29, 1.82) is 0 Å². The number of rotatable bonds is 7. The summed E-state index contributed by atoms with van der Waals surface area (Å²) in [4.78, 5) is 19.1. The number of hydrogen-bond donors (Lipinski definition) is 2. The lowest BCUT2D eigenvalue weighted by Gasteiger charge is -2.27. The Morgan fingerprint density at radius 3 is 2.53 bits per heavy atom. The van der Waals surface area contributed by atoms with Crippen molar-refractivity contribution < 1.29 is 27.4 Å². The molecule has 2 rings (SSSR count). The lowest BCUT2D eigenvalue weighted by atomic mass is 9.93. The van der Waals surface area contributed by atoms with E-state index < -0.39 is 23.4 Å². The second-order valence-corrected chi connectivity index (χ2v) is 7.65. The summed E-state index contributed by atoms with van der Waals surface area (Å²) in [6, 6.07) is 4.96. The molecule has 0 bridgehead atoms. The molecule has 1 unspecified atom stereocenters. The molecule has 1 amide bonds. The van der Waals surface area contributed by atoms with E-state index in [2.05, 4.69) is 20.0 Å². The molecular weight excluding hydrogens is 401 g/mol. The molecular formula is C20H25F3N4O3. The van der Waals surface area contributed by atoms with Crippen molar-refractivity contribution in [2.45, 2.75) is 38.9 Å². The Hall–Kier alpha value is -2.88. The van der Waals surface area contributed by atoms with Gasteiger partial charge in [0.2, 0.25) is 0 Å². The summed E-state index contributed by atoms with van der Waals surface area (Å²) in [7, 11) is 1.18. The molecule has 1 aromatic carbocycles. The highest BCUT2D eigenvalue weighted by atomic mass is 19.4. The van der Waals surface area contributed by atoms with Gasteiger partial charge in [0.1, 0.15) is 24.5 Å². The third kappa shape index (κ3) is 6.58. The van der Waals surface area contributed by atoms with E-state index >= 15 is 0 Å². The smallest absolute Gasteiger partial charge is 0.419 e. The Bertz CT molecular complexity index is 886. The second-order valence-electron chi connectivity index (χ2n) is 7.65. The molecule has 1 heterocycles. The topological polar surface area (TPSA) is 99.4 Å². The highest BCUT2D eigenvalue weighted by molar-refractivity contribution is 5.84. The molecule has 0 aliphatic rings. The van der Waals surface area contributed by atoms with Crippen LogP contribution in [0.2, 0.25) is 0 Å². The van der Waals surface area contributed by atoms with Crippen LogP contribution in [0.15, 0.2) is 30.6 Å². The number of methoxy groups -OCH3 is 1. The first kappa shape index (κ1) is 23.4. The summed E-state index contributed by atoms with van der Waals surface area (Å²) in [5.74, 6) is 0.0561. The Kier molecular flexibility index (Phi) is 7.25. The zero-order valence-corrected chi connectivity index (χ0v) is 17.2. The van der Waals surface area contributed by atoms with Crippen LogP contribution in [-0.2, 0) is 10.9 Å². The van der Waals surface area contributed by atoms with Gasteiger partial charge in [-0.1, -0.05) is 13.8 Å². The first-order chi connectivity index (χ1) is 13.9. The Balaban J connectivity index is 2.33. The van der Waals surface area contributed by atoms with Gasteiger partial charge in [0.05, 0.1) is 18.4 Å². The molecule has 164 valence electrons. The van der Waals surface area contributed by atoms with Gasteiger partial charge in [0.15, 0.2) is 0 Å². The van der Waals surface area contributed by atoms with E-state index in [4.69, 9.17) is 10.5 Å². The van der Waals surface area contributed by atoms with Crippen molar-refractivity contribution in [1.82, 2.24) is 9.97 Å². The number of benzene rings is 1. The SMILES string of the molecule is COC(=O)Nc1cc(-c2ccc(OCC(C)(N)CC(C)C)c(C(F)(F)F)c2)ncn1. The van der Waals surface area contributed by atoms with Crippen LogP contribution in [0.3, 0.4) is 0 Å². The second kappa shape index (κ2) is 9.29. The molecule has 0 saturated heterocycles. The molecule has 0 fully saturated rings. The normalized spacial score (nSPS) is 13.6. The number of ether oxygens (including phenoxy) is 2. The van der Waals surface area contributed by atoms with E-state index in [0.29, 0.717) is 6.42 Å². The van der Waals surface area contributed by atoms with Crippen LogP contribution in [0, 0.1) is 5.92 Å². The number of carbonyl (C=O) groups excluding carboxylic acids is 1. The van der Waals surface area contributed by atoms with Crippen LogP contribution in [0.5, 0.6) is 5.75 Å². The van der Waals surface area contributed by atoms with Crippen LogP contribution in [0.25, 0.3) is 11.3 Å². The van der Waals surface area contributed by atoms with Crippen LogP contribution in [0.1, 0.15) is 32.8 Å². The maximum Gasteiger partial charge on any atom is 0.419 e. The number of nitrogens with one attached hydrogen (secondary N) is 1. The van der Waals surface area contributed by atoms with Gasteiger partial charge in [-0.3, -0.25) is 5.32 Å². The minimum absolute atomic E-state index is 0.0612. The van der Waals surface area contributed by atoms with Crippen molar-refractivity contribution in [3.8, 4) is 17.0 Å². The summed E-state index contributed by atoms with van der Waals surface area (Å²) in [5, 5.41) is 2.34. The predicted molar refractivity (Wildman–Crippen MR) is 106 cm³/mol. The molecule has 0 spiro atoms. The highest BCUT2D eigenvalue weighted by Crippen LogP contribution is 2.39. The van der Waals surface area contributed by atoms with Gasteiger partial charge < -0.3 is 15.2 Å². The van der Waals surface area contributed by atoms with E-state index in [1.54, 1.807) is 6.92 Å². The monoisotopic (exact) mass is 426 g/mol. The molecule has 3 N–H and O–H groups in total. The number of nitrogens with two attached hydrogens (primary N) is 1. The zero-order chi connectivity index (χ0) is 22.5. The summed E-state index contributed by atoms with van der Waals surface area (Å²) in [6.07, 6.45) is -3.67. The largest absolute Gasteiger partial charge is 0.491 e. The summed E-state index contributed by atoms with van der Waals surface area (Å²) in [6.45, 7) is 5.64. The number of alkyl halides is 3. The van der Waals surface area contributed by atoms with Gasteiger partial charge in [0.25, 0.3) is 0 Å². The molecule has 30 heavy (non-hydrogen) atoms. The average Bonchev–Trinajstić information content (AvgIpc) is 2.64. The third-order valence-electron chi connectivity index (χ3n) is 4.10. The number of nitrogens with zero attached hydrogens (tertiary/aromatic N) is 2. The minimum atomic E-state index is -4.64. The Labute approximate surface area is 172 Å². The lowest BCUT2D eigenvalue weighted by molar-refractivity contribution is -0.139. The van der Waals surface area contributed by atoms with Gasteiger partial charge in [-0.15, -0.1) is 0 Å². The van der Waals surface area contributed by atoms with Gasteiger partial charge in [0, 0.05) is 17.2 Å². The molecule has 0 aliphatic heterocycles. The van der Waals surface area contributed by atoms with E-state index in [-0.39, 0.29) is 35.3 Å². The molecule has 1 aromatic heterocycles. The van der Waals surface area contributed by atoms with E-state index in [1.807, 2.05) is 13.8 Å². The van der Waals surface area contributed by atoms with Crippen molar-refractivity contribution in [2.24, 2.45) is 11.7 Å². The summed E-state index contributed by atoms with van der Waals surface area (Å²) in [5.41, 5.74) is 4.81. The standard InChI is InChI=1S/C20H25F3N4O3/c1-12(2)9-19(3,24)10-30-16-6-5-13(7-14(16)20(21,22)23)15-8-17(26-11-25-15)27-18(28)29-4/h5-8,11-12H,9-10,24H2,1-4H3,(H,25,26,27,28). The Morgan fingerprint density at radius 2 is 1.93 bits per heavy atom. The van der Waals surface area contributed by atoms with Crippen molar-refractivity contribution >= 4 is 11.9 Å². The zero-order valence-electron chi connectivity index (χ0n) is 17.2. The Morgan fingerprint density at radius 1 is 1.23 bits per heavy atom. The van der Waals surface area contributed by atoms with Gasteiger partial charge in [-0.2, -0.15) is 13.2 Å². The quantitative estimate of drug-likeness (QED) is 0.677. The minimum Gasteiger partial charge on any atom is -0.491 e. The maximum atomic E-state index is 13.7.